The van der Waals surface area contributed by atoms with Crippen molar-refractivity contribution in [2.24, 2.45) is 11.8 Å². The van der Waals surface area contributed by atoms with Crippen molar-refractivity contribution in [3.63, 3.8) is 0 Å². The van der Waals surface area contributed by atoms with Crippen LogP contribution in [-0.4, -0.2) is 112 Å². The minimum atomic E-state index is -0.253. The minimum absolute atomic E-state index is 0.177. The average molecular weight is 924 g/mol. The van der Waals surface area contributed by atoms with Crippen LogP contribution in [0.3, 0.4) is 0 Å². The highest BCUT2D eigenvalue weighted by Gasteiger charge is 2.22. The van der Waals surface area contributed by atoms with E-state index < -0.39 is 0 Å². The van der Waals surface area contributed by atoms with E-state index in [9.17, 15) is 14.7 Å². The third-order valence-corrected chi connectivity index (χ3v) is 14.0. The summed E-state index contributed by atoms with van der Waals surface area (Å²) < 4.78 is 24.3. The molecule has 1 aliphatic carbocycles. The number of esters is 2. The lowest BCUT2D eigenvalue weighted by Crippen LogP contribution is -2.44. The largest absolute Gasteiger partial charge is 0.465 e. The van der Waals surface area contributed by atoms with Gasteiger partial charge in [0.25, 0.3) is 0 Å². The monoisotopic (exact) mass is 923 g/mol. The fourth-order valence-corrected chi connectivity index (χ4v) is 9.66. The molecule has 1 N–H and O–H groups in total. The van der Waals surface area contributed by atoms with Gasteiger partial charge in [-0.3, -0.25) is 14.5 Å². The second-order valence-electron chi connectivity index (χ2n) is 20.2. The van der Waals surface area contributed by atoms with Crippen LogP contribution in [0, 0.1) is 11.8 Å². The molecular formula is C56H110N2O7. The Morgan fingerprint density at radius 1 is 0.523 bits per heavy atom. The summed E-state index contributed by atoms with van der Waals surface area (Å²) >= 11 is 0. The Kier molecular flexibility index (Phi) is 44.1. The highest BCUT2D eigenvalue weighted by Crippen LogP contribution is 2.24. The molecule has 0 heterocycles. The van der Waals surface area contributed by atoms with Gasteiger partial charge in [0.15, 0.2) is 0 Å². The van der Waals surface area contributed by atoms with Crippen molar-refractivity contribution in [1.82, 2.24) is 9.80 Å². The zero-order chi connectivity index (χ0) is 47.3. The maximum atomic E-state index is 13.1. The van der Waals surface area contributed by atoms with Gasteiger partial charge < -0.3 is 29.0 Å². The molecule has 9 nitrogen and oxygen atoms in total. The lowest BCUT2D eigenvalue weighted by Gasteiger charge is -2.35. The molecule has 0 saturated heterocycles. The number of unbranched alkanes of at least 4 members (excludes halogenated alkanes) is 20. The highest BCUT2D eigenvalue weighted by molar-refractivity contribution is 5.69. The van der Waals surface area contributed by atoms with Crippen molar-refractivity contribution in [3.05, 3.63) is 0 Å². The Morgan fingerprint density at radius 3 is 1.37 bits per heavy atom. The summed E-state index contributed by atoms with van der Waals surface area (Å²) in [6.45, 7) is 14.3. The normalized spacial score (nSPS) is 14.1. The van der Waals surface area contributed by atoms with Crippen LogP contribution in [0.25, 0.3) is 0 Å². The molecule has 0 aromatic rings. The molecule has 1 fully saturated rings. The summed E-state index contributed by atoms with van der Waals surface area (Å²) in [5, 5.41) is 9.83. The second-order valence-corrected chi connectivity index (χ2v) is 20.2. The minimum Gasteiger partial charge on any atom is -0.465 e. The van der Waals surface area contributed by atoms with E-state index in [1.807, 2.05) is 0 Å². The topological polar surface area (TPSA) is 97.8 Å². The predicted molar refractivity (Wildman–Crippen MR) is 274 cm³/mol. The predicted octanol–water partition coefficient (Wildman–Crippen LogP) is 14.0. The van der Waals surface area contributed by atoms with E-state index in [-0.39, 0.29) is 50.7 Å². The molecule has 0 aliphatic heterocycles. The first-order valence-corrected chi connectivity index (χ1v) is 28.4. The first-order valence-electron chi connectivity index (χ1n) is 28.4. The van der Waals surface area contributed by atoms with Crippen LogP contribution >= 0.6 is 0 Å². The lowest BCUT2D eigenvalue weighted by atomic mass is 9.94. The van der Waals surface area contributed by atoms with Crippen LogP contribution in [0.1, 0.15) is 252 Å². The van der Waals surface area contributed by atoms with Gasteiger partial charge in [-0.05, 0) is 57.4 Å². The molecule has 1 aliphatic rings. The number of carbonyl (C=O) groups excluding carboxylic acids is 2. The van der Waals surface area contributed by atoms with Gasteiger partial charge in [0, 0.05) is 32.2 Å². The number of hydrogen-bond acceptors (Lipinski definition) is 9. The molecule has 9 heteroatoms. The maximum absolute atomic E-state index is 13.1. The Labute approximate surface area is 403 Å². The molecular weight excluding hydrogens is 813 g/mol. The number of rotatable bonds is 49. The molecule has 0 bridgehead atoms. The quantitative estimate of drug-likeness (QED) is 0.0472. The number of nitrogens with zero attached hydrogens (tertiary/aromatic N) is 2. The molecule has 0 aromatic heterocycles. The fraction of sp³-hybridized carbons (Fsp3) is 0.964. The van der Waals surface area contributed by atoms with Gasteiger partial charge >= 0.3 is 11.9 Å². The summed E-state index contributed by atoms with van der Waals surface area (Å²) in [7, 11) is 2.11. The summed E-state index contributed by atoms with van der Waals surface area (Å²) in [5.41, 5.74) is 0. The molecule has 0 amide bonds. The Balaban J connectivity index is 2.72. The molecule has 1 atom stereocenters. The summed E-state index contributed by atoms with van der Waals surface area (Å²) in [6, 6.07) is 0.544. The average Bonchev–Trinajstić information content (AvgIpc) is 3.31. The van der Waals surface area contributed by atoms with Crippen molar-refractivity contribution in [3.8, 4) is 0 Å². The van der Waals surface area contributed by atoms with E-state index in [4.69, 9.17) is 18.9 Å². The van der Waals surface area contributed by atoms with Crippen LogP contribution < -0.4 is 0 Å². The number of aliphatic hydroxyl groups excluding tert-OH is 1. The number of aliphatic hydroxyl groups is 1. The van der Waals surface area contributed by atoms with Gasteiger partial charge in [0.1, 0.15) is 0 Å². The van der Waals surface area contributed by atoms with Gasteiger partial charge in [-0.2, -0.15) is 0 Å². The van der Waals surface area contributed by atoms with E-state index in [0.717, 1.165) is 38.8 Å². The van der Waals surface area contributed by atoms with E-state index in [2.05, 4.69) is 44.5 Å². The molecule has 1 saturated carbocycles. The third-order valence-electron chi connectivity index (χ3n) is 14.0. The summed E-state index contributed by atoms with van der Waals surface area (Å²) in [6.07, 6.45) is 41.9. The molecule has 1 unspecified atom stereocenters. The van der Waals surface area contributed by atoms with Gasteiger partial charge in [-0.15, -0.1) is 0 Å². The zero-order valence-corrected chi connectivity index (χ0v) is 43.9. The fourth-order valence-electron chi connectivity index (χ4n) is 9.66. The molecule has 0 spiro atoms. The van der Waals surface area contributed by atoms with Crippen LogP contribution in [-0.2, 0) is 28.5 Å². The molecule has 1 rings (SSSR count). The third kappa shape index (κ3) is 38.3. The van der Waals surface area contributed by atoms with Crippen molar-refractivity contribution >= 4 is 11.9 Å². The van der Waals surface area contributed by atoms with Crippen molar-refractivity contribution in [1.29, 1.82) is 0 Å². The lowest BCUT2D eigenvalue weighted by molar-refractivity contribution is -0.149. The number of ether oxygens (including phenoxy) is 4. The van der Waals surface area contributed by atoms with Crippen LogP contribution in [0.5, 0.6) is 0 Å². The molecule has 65 heavy (non-hydrogen) atoms. The standard InChI is InChI=1S/C56H110N2O7/c1-6-10-14-18-22-27-33-51(34-28-23-19-15-11-7-2)48-64-55(60)39-45-62-50-54(47-57(5)41-42-58(43-44-59)53-37-31-26-32-38-53)63-46-40-56(61)65-49-52(35-29-24-20-16-12-8-3)36-30-25-21-17-13-9-4/h51-54,59H,6-50H2,1-5H3. The summed E-state index contributed by atoms with van der Waals surface area (Å²) in [4.78, 5) is 30.8. The number of likely N-dealkylation sites (N-methyl/N-ethyl adjacent to an activating group) is 1. The van der Waals surface area contributed by atoms with Crippen molar-refractivity contribution in [2.75, 3.05) is 72.9 Å². The Bertz CT molecular complexity index is 995. The first-order chi connectivity index (χ1) is 31.9. The van der Waals surface area contributed by atoms with E-state index in [1.165, 1.54) is 186 Å². The Morgan fingerprint density at radius 2 is 0.938 bits per heavy atom. The highest BCUT2D eigenvalue weighted by atomic mass is 16.6. The van der Waals surface area contributed by atoms with Crippen LogP contribution in [0.2, 0.25) is 0 Å². The molecule has 386 valence electrons. The van der Waals surface area contributed by atoms with Gasteiger partial charge in [0.2, 0.25) is 0 Å². The van der Waals surface area contributed by atoms with Gasteiger partial charge in [-0.1, -0.05) is 201 Å². The zero-order valence-electron chi connectivity index (χ0n) is 43.9. The molecule has 0 radical (unpaired) electrons. The first kappa shape index (κ1) is 61.8. The molecule has 0 aromatic carbocycles. The smallest absolute Gasteiger partial charge is 0.308 e. The van der Waals surface area contributed by atoms with Crippen molar-refractivity contribution < 1.29 is 33.6 Å². The summed E-state index contributed by atoms with van der Waals surface area (Å²) in [5.74, 6) is 0.505. The van der Waals surface area contributed by atoms with Crippen molar-refractivity contribution in [2.45, 2.75) is 265 Å². The SMILES string of the molecule is CCCCCCCCC(CCCCCCCC)COC(=O)CCOCC(CN(C)CCN(CCO)C1CCCCC1)OCCC(=O)OCC(CCCCCCCC)CCCCCCCC. The van der Waals surface area contributed by atoms with E-state index in [0.29, 0.717) is 50.8 Å². The maximum Gasteiger partial charge on any atom is 0.308 e. The van der Waals surface area contributed by atoms with Crippen LogP contribution in [0.4, 0.5) is 0 Å². The van der Waals surface area contributed by atoms with E-state index >= 15 is 0 Å². The van der Waals surface area contributed by atoms with Gasteiger partial charge in [-0.25, -0.2) is 0 Å². The van der Waals surface area contributed by atoms with Crippen LogP contribution in [0.15, 0.2) is 0 Å². The van der Waals surface area contributed by atoms with Gasteiger partial charge in [0.05, 0.1) is 58.6 Å². The second kappa shape index (κ2) is 46.5. The Hall–Kier alpha value is -1.26. The number of hydrogen-bond donors (Lipinski definition) is 1. The van der Waals surface area contributed by atoms with E-state index in [1.54, 1.807) is 0 Å². The number of carbonyl (C=O) groups is 2.